The van der Waals surface area contributed by atoms with Gasteiger partial charge in [-0.25, -0.2) is 21.6 Å². The number of hydrogen-bond donors (Lipinski definition) is 1. The van der Waals surface area contributed by atoms with Crippen LogP contribution in [0.5, 0.6) is 0 Å². The zero-order valence-corrected chi connectivity index (χ0v) is 13.5. The van der Waals surface area contributed by atoms with Crippen LogP contribution in [-0.2, 0) is 19.9 Å². The Morgan fingerprint density at radius 1 is 1.24 bits per heavy atom. The molecule has 118 valence electrons. The molecule has 1 N–H and O–H groups in total. The Morgan fingerprint density at radius 2 is 1.81 bits per heavy atom. The fraction of sp³-hybridized carbons (Fsp3) is 0.417. The lowest BCUT2D eigenvalue weighted by Gasteiger charge is -2.18. The van der Waals surface area contributed by atoms with E-state index in [0.29, 0.717) is 0 Å². The lowest BCUT2D eigenvalue weighted by Crippen LogP contribution is -2.32. The van der Waals surface area contributed by atoms with Crippen molar-refractivity contribution >= 4 is 25.8 Å². The Labute approximate surface area is 124 Å². The number of carboxylic acids is 1. The van der Waals surface area contributed by atoms with E-state index in [1.807, 2.05) is 0 Å². The van der Waals surface area contributed by atoms with Crippen LogP contribution >= 0.6 is 0 Å². The van der Waals surface area contributed by atoms with Gasteiger partial charge < -0.3 is 5.11 Å². The van der Waals surface area contributed by atoms with E-state index < -0.39 is 25.8 Å². The zero-order chi connectivity index (χ0) is 16.4. The quantitative estimate of drug-likeness (QED) is 0.804. The van der Waals surface area contributed by atoms with Gasteiger partial charge in [0.2, 0.25) is 10.0 Å². The highest BCUT2D eigenvalue weighted by Crippen LogP contribution is 2.22. The first-order valence-electron chi connectivity index (χ1n) is 5.94. The van der Waals surface area contributed by atoms with Crippen LogP contribution in [0.2, 0.25) is 0 Å². The van der Waals surface area contributed by atoms with Crippen LogP contribution in [0.1, 0.15) is 15.9 Å². The van der Waals surface area contributed by atoms with Crippen molar-refractivity contribution in [3.05, 3.63) is 29.3 Å². The van der Waals surface area contributed by atoms with Crippen LogP contribution < -0.4 is 0 Å². The average molecular weight is 335 g/mol. The van der Waals surface area contributed by atoms with Gasteiger partial charge in [-0.2, -0.15) is 4.31 Å². The minimum absolute atomic E-state index is 0.104. The highest BCUT2D eigenvalue weighted by Gasteiger charge is 2.25. The van der Waals surface area contributed by atoms with E-state index in [-0.39, 0.29) is 28.3 Å². The van der Waals surface area contributed by atoms with Gasteiger partial charge in [-0.1, -0.05) is 6.07 Å². The topological polar surface area (TPSA) is 109 Å². The van der Waals surface area contributed by atoms with Crippen LogP contribution in [0.3, 0.4) is 0 Å². The normalized spacial score (nSPS) is 12.6. The van der Waals surface area contributed by atoms with Gasteiger partial charge in [0.15, 0.2) is 0 Å². The predicted molar refractivity (Wildman–Crippen MR) is 77.7 cm³/mol. The van der Waals surface area contributed by atoms with E-state index in [9.17, 15) is 21.6 Å². The van der Waals surface area contributed by atoms with Gasteiger partial charge in [0.25, 0.3) is 0 Å². The smallest absolute Gasteiger partial charge is 0.335 e. The summed E-state index contributed by atoms with van der Waals surface area (Å²) in [4.78, 5) is 10.9. The van der Waals surface area contributed by atoms with Crippen molar-refractivity contribution < 1.29 is 26.7 Å². The maximum Gasteiger partial charge on any atom is 0.335 e. The van der Waals surface area contributed by atoms with Crippen molar-refractivity contribution in [2.24, 2.45) is 0 Å². The predicted octanol–water partition coefficient (Wildman–Crippen LogP) is 0.358. The largest absolute Gasteiger partial charge is 0.478 e. The van der Waals surface area contributed by atoms with Crippen molar-refractivity contribution in [3.8, 4) is 0 Å². The van der Waals surface area contributed by atoms with Crippen LogP contribution in [0, 0.1) is 6.92 Å². The lowest BCUT2D eigenvalue weighted by atomic mass is 10.1. The molecule has 1 aromatic carbocycles. The van der Waals surface area contributed by atoms with Gasteiger partial charge in [-0.15, -0.1) is 0 Å². The molecular formula is C12H17NO6S2. The number of sulfone groups is 1. The van der Waals surface area contributed by atoms with E-state index >= 15 is 0 Å². The first-order valence-corrected chi connectivity index (χ1v) is 9.44. The summed E-state index contributed by atoms with van der Waals surface area (Å²) in [7, 11) is -5.98. The molecule has 0 aromatic heterocycles. The first-order chi connectivity index (χ1) is 9.47. The Balaban J connectivity index is 3.20. The molecule has 21 heavy (non-hydrogen) atoms. The monoisotopic (exact) mass is 335 g/mol. The van der Waals surface area contributed by atoms with Crippen molar-refractivity contribution in [2.75, 3.05) is 25.6 Å². The minimum atomic E-state index is -3.94. The van der Waals surface area contributed by atoms with Crippen molar-refractivity contribution in [1.29, 1.82) is 0 Å². The Kier molecular flexibility index (Phi) is 5.13. The van der Waals surface area contributed by atoms with Crippen LogP contribution in [0.25, 0.3) is 0 Å². The summed E-state index contributed by atoms with van der Waals surface area (Å²) in [5, 5.41) is 9.02. The highest BCUT2D eigenvalue weighted by molar-refractivity contribution is 7.91. The molecule has 0 radical (unpaired) electrons. The maximum atomic E-state index is 12.4. The summed E-state index contributed by atoms with van der Waals surface area (Å²) < 4.78 is 47.9. The molecular weight excluding hydrogens is 318 g/mol. The van der Waals surface area contributed by atoms with E-state index in [4.69, 9.17) is 5.11 Å². The number of carboxylic acid groups (broad SMARTS) is 1. The molecule has 1 aromatic rings. The number of hydrogen-bond acceptors (Lipinski definition) is 5. The van der Waals surface area contributed by atoms with Crippen LogP contribution in [0.15, 0.2) is 23.1 Å². The third-order valence-corrected chi connectivity index (χ3v) is 5.91. The molecule has 0 spiro atoms. The summed E-state index contributed by atoms with van der Waals surface area (Å²) in [6.07, 6.45) is 1.02. The summed E-state index contributed by atoms with van der Waals surface area (Å²) in [5.74, 6) is -1.52. The molecule has 1 rings (SSSR count). The molecule has 0 heterocycles. The average Bonchev–Trinajstić information content (AvgIpc) is 2.34. The molecule has 0 aliphatic heterocycles. The van der Waals surface area contributed by atoms with Gasteiger partial charge in [0.1, 0.15) is 9.84 Å². The molecule has 0 bridgehead atoms. The summed E-state index contributed by atoms with van der Waals surface area (Å²) in [6, 6.07) is 3.95. The second-order valence-corrected chi connectivity index (χ2v) is 8.96. The van der Waals surface area contributed by atoms with Gasteiger partial charge in [0, 0.05) is 19.8 Å². The second-order valence-electron chi connectivity index (χ2n) is 4.69. The van der Waals surface area contributed by atoms with Gasteiger partial charge >= 0.3 is 5.97 Å². The molecule has 7 nitrogen and oxygen atoms in total. The fourth-order valence-electron chi connectivity index (χ4n) is 1.71. The molecule has 0 atom stereocenters. The summed E-state index contributed by atoms with van der Waals surface area (Å²) >= 11 is 0. The Morgan fingerprint density at radius 3 is 2.29 bits per heavy atom. The fourth-order valence-corrected chi connectivity index (χ4v) is 3.84. The molecule has 0 fully saturated rings. The van der Waals surface area contributed by atoms with Crippen molar-refractivity contribution in [2.45, 2.75) is 11.8 Å². The van der Waals surface area contributed by atoms with Crippen LogP contribution in [0.4, 0.5) is 0 Å². The number of rotatable bonds is 6. The third-order valence-electron chi connectivity index (χ3n) is 2.98. The summed E-state index contributed by atoms with van der Waals surface area (Å²) in [5.41, 5.74) is 0.0174. The molecule has 0 saturated carbocycles. The zero-order valence-electron chi connectivity index (χ0n) is 11.9. The molecule has 9 heteroatoms. The number of carbonyl (C=O) groups is 1. The highest BCUT2D eigenvalue weighted by atomic mass is 32.2. The van der Waals surface area contributed by atoms with E-state index in [2.05, 4.69) is 0 Å². The molecule has 0 unspecified atom stereocenters. The standard InChI is InChI=1S/C12H17NO6S2/c1-9-10(12(14)15)5-4-6-11(9)21(18,19)13(2)7-8-20(3,16)17/h4-6H,7-8H2,1-3H3,(H,14,15). The van der Waals surface area contributed by atoms with Gasteiger partial charge in [-0.05, 0) is 24.6 Å². The minimum Gasteiger partial charge on any atom is -0.478 e. The summed E-state index contributed by atoms with van der Waals surface area (Å²) in [6.45, 7) is 1.21. The Bertz CT molecular complexity index is 752. The number of aromatic carboxylic acids is 1. The molecule has 0 saturated heterocycles. The first kappa shape index (κ1) is 17.6. The van der Waals surface area contributed by atoms with Gasteiger partial charge in [-0.3, -0.25) is 0 Å². The number of nitrogens with zero attached hydrogens (tertiary/aromatic N) is 1. The maximum absolute atomic E-state index is 12.4. The molecule has 0 aliphatic carbocycles. The van der Waals surface area contributed by atoms with E-state index in [1.54, 1.807) is 0 Å². The SMILES string of the molecule is Cc1c(C(=O)O)cccc1S(=O)(=O)N(C)CCS(C)(=O)=O. The van der Waals surface area contributed by atoms with E-state index in [1.165, 1.54) is 32.2 Å². The number of benzene rings is 1. The van der Waals surface area contributed by atoms with Crippen LogP contribution in [-0.4, -0.2) is 57.8 Å². The third kappa shape index (κ3) is 4.26. The molecule has 0 aliphatic rings. The molecule has 0 amide bonds. The Hall–Kier alpha value is -1.45. The van der Waals surface area contributed by atoms with Crippen molar-refractivity contribution in [1.82, 2.24) is 4.31 Å². The second kappa shape index (κ2) is 6.12. The lowest BCUT2D eigenvalue weighted by molar-refractivity contribution is 0.0695. The van der Waals surface area contributed by atoms with E-state index in [0.717, 1.165) is 10.6 Å². The van der Waals surface area contributed by atoms with Gasteiger partial charge in [0.05, 0.1) is 16.2 Å². The van der Waals surface area contributed by atoms with Crippen molar-refractivity contribution in [3.63, 3.8) is 0 Å². The number of sulfonamides is 1.